The van der Waals surface area contributed by atoms with E-state index < -0.39 is 15.9 Å². The van der Waals surface area contributed by atoms with E-state index in [0.29, 0.717) is 17.0 Å². The third-order valence-electron chi connectivity index (χ3n) is 4.71. The average Bonchev–Trinajstić information content (AvgIpc) is 3.15. The highest BCUT2D eigenvalue weighted by atomic mass is 32.2. The van der Waals surface area contributed by atoms with Crippen LogP contribution in [0.3, 0.4) is 0 Å². The second kappa shape index (κ2) is 7.68. The van der Waals surface area contributed by atoms with Crippen molar-refractivity contribution < 1.29 is 17.6 Å². The van der Waals surface area contributed by atoms with Crippen LogP contribution in [0.25, 0.3) is 11.0 Å². The lowest BCUT2D eigenvalue weighted by molar-refractivity contribution is 0.0998. The number of benzene rings is 3. The summed E-state index contributed by atoms with van der Waals surface area (Å²) in [5.41, 5.74) is 3.42. The zero-order valence-electron chi connectivity index (χ0n) is 16.5. The Labute approximate surface area is 174 Å². The minimum absolute atomic E-state index is 0.102. The van der Waals surface area contributed by atoms with E-state index in [9.17, 15) is 13.2 Å². The van der Waals surface area contributed by atoms with Gasteiger partial charge in [0.2, 0.25) is 0 Å². The van der Waals surface area contributed by atoms with Gasteiger partial charge in [-0.2, -0.15) is 0 Å². The molecule has 1 heterocycles. The Morgan fingerprint density at radius 2 is 1.63 bits per heavy atom. The van der Waals surface area contributed by atoms with Crippen molar-refractivity contribution in [2.24, 2.45) is 0 Å². The van der Waals surface area contributed by atoms with Crippen molar-refractivity contribution in [1.82, 2.24) is 0 Å². The van der Waals surface area contributed by atoms with E-state index in [2.05, 4.69) is 10.0 Å². The molecule has 0 unspecified atom stereocenters. The summed E-state index contributed by atoms with van der Waals surface area (Å²) >= 11 is 0. The number of hydrogen-bond acceptors (Lipinski definition) is 4. The molecule has 1 aromatic heterocycles. The molecule has 0 saturated carbocycles. The van der Waals surface area contributed by atoms with E-state index in [-0.39, 0.29) is 10.7 Å². The molecule has 0 aliphatic carbocycles. The average molecular weight is 420 g/mol. The largest absolute Gasteiger partial charge is 0.451 e. The lowest BCUT2D eigenvalue weighted by Gasteiger charge is -2.12. The van der Waals surface area contributed by atoms with Gasteiger partial charge in [-0.25, -0.2) is 8.42 Å². The summed E-state index contributed by atoms with van der Waals surface area (Å²) in [6.07, 6.45) is 0. The molecule has 4 rings (SSSR count). The highest BCUT2D eigenvalue weighted by Crippen LogP contribution is 2.23. The van der Waals surface area contributed by atoms with Crippen LogP contribution in [-0.2, 0) is 10.0 Å². The van der Waals surface area contributed by atoms with Crippen LogP contribution >= 0.6 is 0 Å². The lowest BCUT2D eigenvalue weighted by atomic mass is 10.1. The SMILES string of the molecule is Cc1ccc(C)c(NS(=O)(=O)c2ccc(NC(=O)c3cc4ccccc4o3)cc2)c1. The number of sulfonamides is 1. The number of hydrogen-bond donors (Lipinski definition) is 2. The van der Waals surface area contributed by atoms with E-state index in [1.165, 1.54) is 24.3 Å². The molecule has 152 valence electrons. The molecular formula is C23H20N2O4S. The van der Waals surface area contributed by atoms with Gasteiger partial charge in [0.25, 0.3) is 15.9 Å². The molecule has 0 fully saturated rings. The summed E-state index contributed by atoms with van der Waals surface area (Å²) in [6.45, 7) is 3.74. The first kappa shape index (κ1) is 19.7. The van der Waals surface area contributed by atoms with Gasteiger partial charge in [-0.1, -0.05) is 30.3 Å². The number of anilines is 2. The maximum atomic E-state index is 12.7. The minimum Gasteiger partial charge on any atom is -0.451 e. The number of nitrogens with one attached hydrogen (secondary N) is 2. The first-order valence-corrected chi connectivity index (χ1v) is 10.8. The summed E-state index contributed by atoms with van der Waals surface area (Å²) in [4.78, 5) is 12.5. The Morgan fingerprint density at radius 1 is 0.900 bits per heavy atom. The van der Waals surface area contributed by atoms with Crippen LogP contribution in [0, 0.1) is 13.8 Å². The van der Waals surface area contributed by atoms with Crippen LogP contribution in [0.1, 0.15) is 21.7 Å². The van der Waals surface area contributed by atoms with Crippen LogP contribution < -0.4 is 10.0 Å². The number of fused-ring (bicyclic) bond motifs is 1. The third-order valence-corrected chi connectivity index (χ3v) is 6.09. The number of carbonyl (C=O) groups is 1. The number of amides is 1. The normalized spacial score (nSPS) is 11.4. The topological polar surface area (TPSA) is 88.4 Å². The zero-order valence-corrected chi connectivity index (χ0v) is 17.3. The van der Waals surface area contributed by atoms with E-state index in [1.54, 1.807) is 18.2 Å². The number of furan rings is 1. The molecule has 3 aromatic carbocycles. The van der Waals surface area contributed by atoms with E-state index >= 15 is 0 Å². The van der Waals surface area contributed by atoms with Crippen LogP contribution in [0.15, 0.2) is 82.1 Å². The van der Waals surface area contributed by atoms with Crippen LogP contribution in [0.4, 0.5) is 11.4 Å². The Morgan fingerprint density at radius 3 is 2.37 bits per heavy atom. The molecule has 0 radical (unpaired) electrons. The van der Waals surface area contributed by atoms with Crippen molar-refractivity contribution in [3.05, 3.63) is 89.7 Å². The Balaban J connectivity index is 1.50. The van der Waals surface area contributed by atoms with Gasteiger partial charge in [0.15, 0.2) is 5.76 Å². The molecule has 0 aliphatic heterocycles. The van der Waals surface area contributed by atoms with Crippen molar-refractivity contribution in [3.8, 4) is 0 Å². The number of carbonyl (C=O) groups excluding carboxylic acids is 1. The molecule has 2 N–H and O–H groups in total. The Kier molecular flexibility index (Phi) is 5.05. The molecule has 6 nitrogen and oxygen atoms in total. The molecule has 0 saturated heterocycles. The second-order valence-corrected chi connectivity index (χ2v) is 8.73. The van der Waals surface area contributed by atoms with E-state index in [0.717, 1.165) is 16.5 Å². The fraction of sp³-hybridized carbons (Fsp3) is 0.0870. The predicted molar refractivity (Wildman–Crippen MR) is 117 cm³/mol. The number of para-hydroxylation sites is 1. The molecule has 0 atom stereocenters. The summed E-state index contributed by atoms with van der Waals surface area (Å²) in [7, 11) is -3.75. The van der Waals surface area contributed by atoms with Crippen molar-refractivity contribution >= 4 is 38.3 Å². The van der Waals surface area contributed by atoms with Crippen LogP contribution in [0.5, 0.6) is 0 Å². The van der Waals surface area contributed by atoms with Crippen molar-refractivity contribution in [2.45, 2.75) is 18.7 Å². The number of rotatable bonds is 5. The van der Waals surface area contributed by atoms with E-state index in [1.807, 2.05) is 44.2 Å². The summed E-state index contributed by atoms with van der Waals surface area (Å²) in [5, 5.41) is 3.55. The van der Waals surface area contributed by atoms with Crippen LogP contribution in [-0.4, -0.2) is 14.3 Å². The third kappa shape index (κ3) is 4.06. The quantitative estimate of drug-likeness (QED) is 0.470. The van der Waals surface area contributed by atoms with Gasteiger partial charge in [-0.05, 0) is 67.4 Å². The predicted octanol–water partition coefficient (Wildman–Crippen LogP) is 5.10. The molecular weight excluding hydrogens is 400 g/mol. The smallest absolute Gasteiger partial charge is 0.291 e. The molecule has 0 bridgehead atoms. The van der Waals surface area contributed by atoms with Crippen molar-refractivity contribution in [3.63, 3.8) is 0 Å². The molecule has 7 heteroatoms. The maximum Gasteiger partial charge on any atom is 0.291 e. The van der Waals surface area contributed by atoms with Gasteiger partial charge in [0, 0.05) is 11.1 Å². The van der Waals surface area contributed by atoms with Gasteiger partial charge in [0.1, 0.15) is 5.58 Å². The standard InChI is InChI=1S/C23H20N2O4S/c1-15-7-8-16(2)20(13-15)25-30(27,28)19-11-9-18(10-12-19)24-23(26)22-14-17-5-3-4-6-21(17)29-22/h3-14,25H,1-2H3,(H,24,26). The van der Waals surface area contributed by atoms with Crippen molar-refractivity contribution in [2.75, 3.05) is 10.0 Å². The zero-order chi connectivity index (χ0) is 21.3. The maximum absolute atomic E-state index is 12.7. The summed E-state index contributed by atoms with van der Waals surface area (Å²) < 4.78 is 33.6. The summed E-state index contributed by atoms with van der Waals surface area (Å²) in [6, 6.07) is 20.6. The highest BCUT2D eigenvalue weighted by molar-refractivity contribution is 7.92. The highest BCUT2D eigenvalue weighted by Gasteiger charge is 2.17. The van der Waals surface area contributed by atoms with Gasteiger partial charge >= 0.3 is 0 Å². The first-order chi connectivity index (χ1) is 14.3. The fourth-order valence-electron chi connectivity index (χ4n) is 3.05. The monoisotopic (exact) mass is 420 g/mol. The van der Waals surface area contributed by atoms with Gasteiger partial charge < -0.3 is 9.73 Å². The van der Waals surface area contributed by atoms with Crippen molar-refractivity contribution in [1.29, 1.82) is 0 Å². The van der Waals surface area contributed by atoms with E-state index in [4.69, 9.17) is 4.42 Å². The Bertz CT molecular complexity index is 1310. The van der Waals surface area contributed by atoms with Gasteiger partial charge in [0.05, 0.1) is 10.6 Å². The first-order valence-electron chi connectivity index (χ1n) is 9.32. The number of aryl methyl sites for hydroxylation is 2. The Hall–Kier alpha value is -3.58. The minimum atomic E-state index is -3.75. The van der Waals surface area contributed by atoms with Gasteiger partial charge in [-0.15, -0.1) is 0 Å². The second-order valence-electron chi connectivity index (χ2n) is 7.05. The molecule has 4 aromatic rings. The molecule has 1 amide bonds. The molecule has 0 spiro atoms. The van der Waals surface area contributed by atoms with Crippen LogP contribution in [0.2, 0.25) is 0 Å². The molecule has 30 heavy (non-hydrogen) atoms. The fourth-order valence-corrected chi connectivity index (χ4v) is 4.18. The lowest BCUT2D eigenvalue weighted by Crippen LogP contribution is -2.14. The molecule has 0 aliphatic rings. The van der Waals surface area contributed by atoms with Gasteiger partial charge in [-0.3, -0.25) is 9.52 Å². The summed E-state index contributed by atoms with van der Waals surface area (Å²) in [5.74, 6) is -0.222.